The number of nitrogens with one attached hydrogen (secondary N) is 1. The van der Waals surface area contributed by atoms with Crippen LogP contribution in [-0.2, 0) is 0 Å². The monoisotopic (exact) mass is 293 g/mol. The predicted octanol–water partition coefficient (Wildman–Crippen LogP) is 4.11. The Labute approximate surface area is 123 Å². The Hall–Kier alpha value is -2.07. The van der Waals surface area contributed by atoms with Crippen LogP contribution < -0.4 is 19.5 Å². The van der Waals surface area contributed by atoms with Crippen molar-refractivity contribution in [2.24, 2.45) is 0 Å². The van der Waals surface area contributed by atoms with Crippen molar-refractivity contribution in [3.8, 4) is 17.2 Å². The fourth-order valence-corrected chi connectivity index (χ4v) is 2.10. The molecule has 1 N–H and O–H groups in total. The van der Waals surface area contributed by atoms with Gasteiger partial charge in [0.25, 0.3) is 0 Å². The Bertz CT molecular complexity index is 579. The molecule has 2 aromatic rings. The van der Waals surface area contributed by atoms with Crippen LogP contribution in [0.25, 0.3) is 0 Å². The summed E-state index contributed by atoms with van der Waals surface area (Å²) >= 11 is 6.10. The van der Waals surface area contributed by atoms with Crippen LogP contribution in [-0.4, -0.2) is 21.3 Å². The van der Waals surface area contributed by atoms with Crippen LogP contribution in [0.5, 0.6) is 17.2 Å². The normalized spacial score (nSPS) is 10.0. The average molecular weight is 294 g/mol. The van der Waals surface area contributed by atoms with Crippen LogP contribution in [0, 0.1) is 0 Å². The third-order valence-electron chi connectivity index (χ3n) is 2.80. The summed E-state index contributed by atoms with van der Waals surface area (Å²) in [6, 6.07) is 11.0. The first kappa shape index (κ1) is 14.3. The second kappa shape index (κ2) is 6.39. The van der Waals surface area contributed by atoms with Gasteiger partial charge in [-0.2, -0.15) is 0 Å². The average Bonchev–Trinajstić information content (AvgIpc) is 2.47. The molecule has 0 heterocycles. The molecule has 0 saturated carbocycles. The minimum Gasteiger partial charge on any atom is -0.497 e. The molecule has 106 valence electrons. The third-order valence-corrected chi connectivity index (χ3v) is 3.10. The molecule has 2 rings (SSSR count). The highest BCUT2D eigenvalue weighted by molar-refractivity contribution is 6.32. The van der Waals surface area contributed by atoms with Gasteiger partial charge in [0.1, 0.15) is 11.5 Å². The zero-order chi connectivity index (χ0) is 14.5. The third kappa shape index (κ3) is 3.08. The van der Waals surface area contributed by atoms with E-state index in [2.05, 4.69) is 5.32 Å². The van der Waals surface area contributed by atoms with Crippen LogP contribution in [0.2, 0.25) is 5.02 Å². The number of halogens is 1. The summed E-state index contributed by atoms with van der Waals surface area (Å²) < 4.78 is 15.8. The summed E-state index contributed by atoms with van der Waals surface area (Å²) in [7, 11) is 4.80. The van der Waals surface area contributed by atoms with Gasteiger partial charge in [-0.1, -0.05) is 17.7 Å². The van der Waals surface area contributed by atoms with Crippen LogP contribution in [0.1, 0.15) is 0 Å². The van der Waals surface area contributed by atoms with Gasteiger partial charge in [0.15, 0.2) is 5.75 Å². The Kier molecular flexibility index (Phi) is 4.58. The molecule has 20 heavy (non-hydrogen) atoms. The first-order chi connectivity index (χ1) is 9.67. The molecule has 0 amide bonds. The Balaban J connectivity index is 2.37. The van der Waals surface area contributed by atoms with E-state index in [4.69, 9.17) is 25.8 Å². The molecule has 0 unspecified atom stereocenters. The number of ether oxygens (including phenoxy) is 3. The maximum Gasteiger partial charge on any atom is 0.160 e. The number of para-hydroxylation sites is 1. The van der Waals surface area contributed by atoms with E-state index in [1.54, 1.807) is 33.5 Å². The van der Waals surface area contributed by atoms with E-state index in [0.717, 1.165) is 11.4 Å². The summed E-state index contributed by atoms with van der Waals surface area (Å²) in [6.45, 7) is 0. The van der Waals surface area contributed by atoms with E-state index < -0.39 is 0 Å². The number of methoxy groups -OCH3 is 3. The van der Waals surface area contributed by atoms with Crippen molar-refractivity contribution >= 4 is 23.0 Å². The SMILES string of the molecule is COc1cc(Nc2cccc(Cl)c2OC)cc(OC)c1. The fourth-order valence-electron chi connectivity index (χ4n) is 1.85. The van der Waals surface area contributed by atoms with Gasteiger partial charge in [-0.3, -0.25) is 0 Å². The first-order valence-corrected chi connectivity index (χ1v) is 6.38. The van der Waals surface area contributed by atoms with Gasteiger partial charge in [-0.25, -0.2) is 0 Å². The predicted molar refractivity (Wildman–Crippen MR) is 80.8 cm³/mol. The van der Waals surface area contributed by atoms with Crippen LogP contribution in [0.3, 0.4) is 0 Å². The Morgan fingerprint density at radius 3 is 2.10 bits per heavy atom. The largest absolute Gasteiger partial charge is 0.497 e. The summed E-state index contributed by atoms with van der Waals surface area (Å²) in [4.78, 5) is 0. The van der Waals surface area contributed by atoms with E-state index in [0.29, 0.717) is 22.3 Å². The molecular formula is C15H16ClNO3. The number of anilines is 2. The maximum atomic E-state index is 6.10. The highest BCUT2D eigenvalue weighted by atomic mass is 35.5. The lowest BCUT2D eigenvalue weighted by molar-refractivity contribution is 0.394. The zero-order valence-corrected chi connectivity index (χ0v) is 12.3. The molecule has 0 atom stereocenters. The minimum atomic E-state index is 0.548. The summed E-state index contributed by atoms with van der Waals surface area (Å²) in [5.74, 6) is 2.00. The Morgan fingerprint density at radius 2 is 1.55 bits per heavy atom. The summed E-state index contributed by atoms with van der Waals surface area (Å²) in [5.41, 5.74) is 1.59. The van der Waals surface area contributed by atoms with Gasteiger partial charge in [0.05, 0.1) is 32.0 Å². The topological polar surface area (TPSA) is 39.7 Å². The lowest BCUT2D eigenvalue weighted by Gasteiger charge is -2.14. The second-order valence-corrected chi connectivity index (χ2v) is 4.45. The van der Waals surface area contributed by atoms with Gasteiger partial charge in [-0.05, 0) is 12.1 Å². The lowest BCUT2D eigenvalue weighted by Crippen LogP contribution is -1.96. The van der Waals surface area contributed by atoms with Crippen molar-refractivity contribution in [3.63, 3.8) is 0 Å². The number of hydrogen-bond donors (Lipinski definition) is 1. The molecule has 4 nitrogen and oxygen atoms in total. The number of rotatable bonds is 5. The zero-order valence-electron chi connectivity index (χ0n) is 11.6. The van der Waals surface area contributed by atoms with E-state index in [9.17, 15) is 0 Å². The Morgan fingerprint density at radius 1 is 0.900 bits per heavy atom. The van der Waals surface area contributed by atoms with Crippen LogP contribution in [0.15, 0.2) is 36.4 Å². The van der Waals surface area contributed by atoms with Gasteiger partial charge >= 0.3 is 0 Å². The molecule has 0 radical (unpaired) electrons. The summed E-state index contributed by atoms with van der Waals surface area (Å²) in [6.07, 6.45) is 0. The van der Waals surface area contributed by atoms with Crippen LogP contribution in [0.4, 0.5) is 11.4 Å². The molecule has 0 bridgehead atoms. The first-order valence-electron chi connectivity index (χ1n) is 6.00. The van der Waals surface area contributed by atoms with Crippen molar-refractivity contribution in [3.05, 3.63) is 41.4 Å². The molecule has 0 aromatic heterocycles. The van der Waals surface area contributed by atoms with Gasteiger partial charge in [0.2, 0.25) is 0 Å². The van der Waals surface area contributed by atoms with Gasteiger partial charge in [-0.15, -0.1) is 0 Å². The van der Waals surface area contributed by atoms with Gasteiger partial charge in [0, 0.05) is 23.9 Å². The van der Waals surface area contributed by atoms with Crippen molar-refractivity contribution in [2.75, 3.05) is 26.6 Å². The van der Waals surface area contributed by atoms with Crippen LogP contribution >= 0.6 is 11.6 Å². The van der Waals surface area contributed by atoms with Crippen molar-refractivity contribution < 1.29 is 14.2 Å². The van der Waals surface area contributed by atoms with E-state index in [-0.39, 0.29) is 0 Å². The molecule has 0 aliphatic heterocycles. The van der Waals surface area contributed by atoms with Gasteiger partial charge < -0.3 is 19.5 Å². The van der Waals surface area contributed by atoms with Crippen molar-refractivity contribution in [1.29, 1.82) is 0 Å². The van der Waals surface area contributed by atoms with E-state index in [1.807, 2.05) is 24.3 Å². The molecule has 0 aliphatic rings. The van der Waals surface area contributed by atoms with Crippen molar-refractivity contribution in [1.82, 2.24) is 0 Å². The molecule has 2 aromatic carbocycles. The molecule has 0 spiro atoms. The smallest absolute Gasteiger partial charge is 0.160 e. The highest BCUT2D eigenvalue weighted by Crippen LogP contribution is 2.36. The van der Waals surface area contributed by atoms with E-state index >= 15 is 0 Å². The van der Waals surface area contributed by atoms with E-state index in [1.165, 1.54) is 0 Å². The quantitative estimate of drug-likeness (QED) is 0.900. The second-order valence-electron chi connectivity index (χ2n) is 4.05. The molecule has 0 fully saturated rings. The maximum absolute atomic E-state index is 6.10. The molecular weight excluding hydrogens is 278 g/mol. The summed E-state index contributed by atoms with van der Waals surface area (Å²) in [5, 5.41) is 3.79. The minimum absolute atomic E-state index is 0.548. The molecule has 0 aliphatic carbocycles. The molecule has 0 saturated heterocycles. The van der Waals surface area contributed by atoms with Crippen molar-refractivity contribution in [2.45, 2.75) is 0 Å². The lowest BCUT2D eigenvalue weighted by atomic mass is 10.2. The standard InChI is InChI=1S/C15H16ClNO3/c1-18-11-7-10(8-12(9-11)19-2)17-14-6-4-5-13(16)15(14)20-3/h4-9,17H,1-3H3. The number of hydrogen-bond acceptors (Lipinski definition) is 4. The number of benzene rings is 2. The fraction of sp³-hybridized carbons (Fsp3) is 0.200. The molecule has 5 heteroatoms. The highest BCUT2D eigenvalue weighted by Gasteiger charge is 2.09.